The van der Waals surface area contributed by atoms with Gasteiger partial charge in [-0.1, -0.05) is 12.1 Å². The molecule has 100 valence electrons. The molecule has 1 amide bonds. The van der Waals surface area contributed by atoms with E-state index >= 15 is 0 Å². The second-order valence-electron chi connectivity index (χ2n) is 5.71. The minimum atomic E-state index is -0.470. The van der Waals surface area contributed by atoms with Crippen LogP contribution in [0.25, 0.3) is 0 Å². The molecule has 1 saturated heterocycles. The Balaban J connectivity index is 2.06. The summed E-state index contributed by atoms with van der Waals surface area (Å²) in [7, 11) is 0. The Bertz CT molecular complexity index is 508. The van der Waals surface area contributed by atoms with E-state index in [4.69, 9.17) is 10.00 Å². The second kappa shape index (κ2) is 4.93. The van der Waals surface area contributed by atoms with Crippen molar-refractivity contribution in [2.75, 3.05) is 6.54 Å². The zero-order valence-electron chi connectivity index (χ0n) is 11.5. The normalized spacial score (nSPS) is 18.4. The molecule has 4 heteroatoms. The van der Waals surface area contributed by atoms with E-state index in [1.807, 2.05) is 32.9 Å². The van der Waals surface area contributed by atoms with E-state index in [1.165, 1.54) is 0 Å². The van der Waals surface area contributed by atoms with Crippen LogP contribution in [0.5, 0.6) is 0 Å². The molecule has 4 nitrogen and oxygen atoms in total. The first kappa shape index (κ1) is 13.4. The molecule has 19 heavy (non-hydrogen) atoms. The number of likely N-dealkylation sites (tertiary alicyclic amines) is 1. The average Bonchev–Trinajstić information content (AvgIpc) is 2.26. The van der Waals surface area contributed by atoms with Crippen molar-refractivity contribution in [3.8, 4) is 6.07 Å². The summed E-state index contributed by atoms with van der Waals surface area (Å²) < 4.78 is 5.37. The highest BCUT2D eigenvalue weighted by atomic mass is 16.6. The van der Waals surface area contributed by atoms with Crippen LogP contribution in [-0.4, -0.2) is 23.1 Å². The molecule has 1 aromatic carbocycles. The maximum absolute atomic E-state index is 12.0. The highest BCUT2D eigenvalue weighted by molar-refractivity contribution is 5.70. The molecule has 1 atom stereocenters. The Morgan fingerprint density at radius 2 is 2.00 bits per heavy atom. The quantitative estimate of drug-likeness (QED) is 0.777. The maximum Gasteiger partial charge on any atom is 0.410 e. The van der Waals surface area contributed by atoms with Crippen molar-refractivity contribution in [3.05, 3.63) is 35.4 Å². The number of nitrogens with zero attached hydrogens (tertiary/aromatic N) is 2. The van der Waals surface area contributed by atoms with Gasteiger partial charge in [-0.05, 0) is 44.9 Å². The highest BCUT2D eigenvalue weighted by Gasteiger charge is 2.36. The van der Waals surface area contributed by atoms with Crippen molar-refractivity contribution < 1.29 is 9.53 Å². The highest BCUT2D eigenvalue weighted by Crippen LogP contribution is 2.34. The summed E-state index contributed by atoms with van der Waals surface area (Å²) in [5, 5.41) is 8.77. The molecule has 0 bridgehead atoms. The monoisotopic (exact) mass is 258 g/mol. The van der Waals surface area contributed by atoms with E-state index in [0.717, 1.165) is 18.5 Å². The van der Waals surface area contributed by atoms with E-state index in [9.17, 15) is 4.79 Å². The van der Waals surface area contributed by atoms with Gasteiger partial charge < -0.3 is 9.64 Å². The van der Waals surface area contributed by atoms with Gasteiger partial charge in [0.2, 0.25) is 0 Å². The molecule has 2 rings (SSSR count). The van der Waals surface area contributed by atoms with Crippen LogP contribution in [0.3, 0.4) is 0 Å². The molecule has 0 saturated carbocycles. The summed E-state index contributed by atoms with van der Waals surface area (Å²) in [6, 6.07) is 9.52. The standard InChI is InChI=1S/C15H18N2O2/c1-15(2,3)19-14(18)17-9-8-13(17)12-6-4-11(10-16)5-7-12/h4-7,13H,8-9H2,1-3H3. The van der Waals surface area contributed by atoms with E-state index in [1.54, 1.807) is 17.0 Å². The molecule has 1 fully saturated rings. The molecule has 0 radical (unpaired) electrons. The number of amides is 1. The topological polar surface area (TPSA) is 53.3 Å². The van der Waals surface area contributed by atoms with Gasteiger partial charge >= 0.3 is 6.09 Å². The lowest BCUT2D eigenvalue weighted by atomic mass is 9.94. The summed E-state index contributed by atoms with van der Waals surface area (Å²) in [4.78, 5) is 13.7. The SMILES string of the molecule is CC(C)(C)OC(=O)N1CCC1c1ccc(C#N)cc1. The number of nitriles is 1. The van der Waals surface area contributed by atoms with Gasteiger partial charge in [0, 0.05) is 6.54 Å². The molecule has 1 aromatic rings. The fourth-order valence-electron chi connectivity index (χ4n) is 2.05. The number of benzene rings is 1. The van der Waals surface area contributed by atoms with E-state index in [-0.39, 0.29) is 12.1 Å². The fraction of sp³-hybridized carbons (Fsp3) is 0.467. The van der Waals surface area contributed by atoms with Crippen LogP contribution in [0.2, 0.25) is 0 Å². The first-order valence-electron chi connectivity index (χ1n) is 6.40. The van der Waals surface area contributed by atoms with Gasteiger partial charge in [0.25, 0.3) is 0 Å². The van der Waals surface area contributed by atoms with Crippen LogP contribution < -0.4 is 0 Å². The molecular formula is C15H18N2O2. The molecular weight excluding hydrogens is 240 g/mol. The summed E-state index contributed by atoms with van der Waals surface area (Å²) in [6.07, 6.45) is 0.665. The van der Waals surface area contributed by atoms with Gasteiger partial charge in [-0.3, -0.25) is 0 Å². The Hall–Kier alpha value is -2.02. The molecule has 1 aliphatic rings. The average molecular weight is 258 g/mol. The van der Waals surface area contributed by atoms with Gasteiger partial charge in [0.15, 0.2) is 0 Å². The van der Waals surface area contributed by atoms with Crippen LogP contribution >= 0.6 is 0 Å². The number of carbonyl (C=O) groups excluding carboxylic acids is 1. The molecule has 0 spiro atoms. The van der Waals surface area contributed by atoms with Gasteiger partial charge in [-0.2, -0.15) is 5.26 Å². The Morgan fingerprint density at radius 3 is 2.42 bits per heavy atom. The van der Waals surface area contributed by atoms with Gasteiger partial charge in [-0.25, -0.2) is 4.79 Å². The van der Waals surface area contributed by atoms with Crippen LogP contribution in [0.15, 0.2) is 24.3 Å². The Morgan fingerprint density at radius 1 is 1.37 bits per heavy atom. The van der Waals surface area contributed by atoms with Gasteiger partial charge in [0.1, 0.15) is 5.60 Å². The van der Waals surface area contributed by atoms with Crippen LogP contribution in [0, 0.1) is 11.3 Å². The third kappa shape index (κ3) is 3.05. The van der Waals surface area contributed by atoms with Crippen LogP contribution in [-0.2, 0) is 4.74 Å². The predicted molar refractivity (Wildman–Crippen MR) is 71.5 cm³/mol. The minimum Gasteiger partial charge on any atom is -0.444 e. The van der Waals surface area contributed by atoms with Crippen molar-refractivity contribution in [2.45, 2.75) is 38.8 Å². The molecule has 1 heterocycles. The van der Waals surface area contributed by atoms with Crippen molar-refractivity contribution >= 4 is 6.09 Å². The van der Waals surface area contributed by atoms with Crippen molar-refractivity contribution in [2.24, 2.45) is 0 Å². The van der Waals surface area contributed by atoms with Crippen molar-refractivity contribution in [1.29, 1.82) is 5.26 Å². The Labute approximate surface area is 113 Å². The lowest BCUT2D eigenvalue weighted by Crippen LogP contribution is -2.47. The lowest BCUT2D eigenvalue weighted by Gasteiger charge is -2.41. The van der Waals surface area contributed by atoms with Crippen LogP contribution in [0.1, 0.15) is 44.4 Å². The Kier molecular flexibility index (Phi) is 3.48. The fourth-order valence-corrected chi connectivity index (χ4v) is 2.05. The molecule has 1 aliphatic heterocycles. The zero-order valence-corrected chi connectivity index (χ0v) is 11.5. The predicted octanol–water partition coefficient (Wildman–Crippen LogP) is 3.24. The summed E-state index contributed by atoms with van der Waals surface area (Å²) >= 11 is 0. The summed E-state index contributed by atoms with van der Waals surface area (Å²) in [5.41, 5.74) is 1.21. The first-order chi connectivity index (χ1) is 8.90. The number of rotatable bonds is 1. The molecule has 0 N–H and O–H groups in total. The summed E-state index contributed by atoms with van der Waals surface area (Å²) in [5.74, 6) is 0. The number of carbonyl (C=O) groups is 1. The summed E-state index contributed by atoms with van der Waals surface area (Å²) in [6.45, 7) is 6.31. The number of hydrogen-bond acceptors (Lipinski definition) is 3. The number of hydrogen-bond donors (Lipinski definition) is 0. The smallest absolute Gasteiger partial charge is 0.410 e. The molecule has 0 aliphatic carbocycles. The minimum absolute atomic E-state index is 0.0718. The van der Waals surface area contributed by atoms with Crippen molar-refractivity contribution in [1.82, 2.24) is 4.90 Å². The largest absolute Gasteiger partial charge is 0.444 e. The van der Waals surface area contributed by atoms with E-state index in [2.05, 4.69) is 6.07 Å². The maximum atomic E-state index is 12.0. The van der Waals surface area contributed by atoms with Crippen molar-refractivity contribution in [3.63, 3.8) is 0 Å². The third-order valence-electron chi connectivity index (χ3n) is 3.07. The number of ether oxygens (including phenoxy) is 1. The van der Waals surface area contributed by atoms with E-state index in [0.29, 0.717) is 5.56 Å². The van der Waals surface area contributed by atoms with Gasteiger partial charge in [0.05, 0.1) is 17.7 Å². The van der Waals surface area contributed by atoms with E-state index < -0.39 is 5.60 Å². The van der Waals surface area contributed by atoms with Crippen LogP contribution in [0.4, 0.5) is 4.79 Å². The van der Waals surface area contributed by atoms with Gasteiger partial charge in [-0.15, -0.1) is 0 Å². The second-order valence-corrected chi connectivity index (χ2v) is 5.71. The third-order valence-corrected chi connectivity index (χ3v) is 3.07. The first-order valence-corrected chi connectivity index (χ1v) is 6.40. The molecule has 0 aromatic heterocycles. The lowest BCUT2D eigenvalue weighted by molar-refractivity contribution is -0.00574. The molecule has 1 unspecified atom stereocenters. The zero-order chi connectivity index (χ0) is 14.0.